The van der Waals surface area contributed by atoms with Crippen molar-refractivity contribution in [1.82, 2.24) is 0 Å². The van der Waals surface area contributed by atoms with Crippen molar-refractivity contribution < 1.29 is 40.4 Å². The third-order valence-electron chi connectivity index (χ3n) is 9.23. The summed E-state index contributed by atoms with van der Waals surface area (Å²) in [7, 11) is 0. The summed E-state index contributed by atoms with van der Waals surface area (Å²) in [5.74, 6) is 0.120. The second-order valence-corrected chi connectivity index (χ2v) is 14.2. The van der Waals surface area contributed by atoms with Gasteiger partial charge in [0.25, 0.3) is 0 Å². The fraction of sp³-hybridized carbons (Fsp3) is 0.0545. The number of hydrogen-bond donors (Lipinski definition) is 4. The minimum atomic E-state index is 0. The fourth-order valence-corrected chi connectivity index (χ4v) is 5.69. The van der Waals surface area contributed by atoms with E-state index in [1.165, 1.54) is 11.1 Å². The van der Waals surface area contributed by atoms with E-state index in [2.05, 4.69) is 20.0 Å². The molecule has 0 aromatic heterocycles. The fourth-order valence-electron chi connectivity index (χ4n) is 5.69. The Hall–Kier alpha value is -5.97. The Balaban J connectivity index is 0.000000438. The summed E-state index contributed by atoms with van der Waals surface area (Å²) >= 11 is 0. The van der Waals surface area contributed by atoms with Gasteiger partial charge in [0.2, 0.25) is 22.7 Å². The van der Waals surface area contributed by atoms with Crippen molar-refractivity contribution >= 4 is 123 Å². The van der Waals surface area contributed by atoms with Gasteiger partial charge in [0, 0.05) is 70.3 Å². The van der Waals surface area contributed by atoms with Gasteiger partial charge in [0.1, 0.15) is 0 Å². The van der Waals surface area contributed by atoms with Crippen molar-refractivity contribution in [3.63, 3.8) is 0 Å². The van der Waals surface area contributed by atoms with Crippen molar-refractivity contribution in [2.75, 3.05) is 0 Å². The number of nitrogens with one attached hydrogen (secondary N) is 4. The molecule has 67 heavy (non-hydrogen) atoms. The summed E-state index contributed by atoms with van der Waals surface area (Å²) in [4.78, 5) is 12.4. The molecule has 0 spiro atoms. The molecule has 0 amide bonds. The maximum absolute atomic E-state index is 11.5. The second-order valence-electron chi connectivity index (χ2n) is 14.2. The molecule has 12 heteroatoms. The molecule has 8 rings (SSSR count). The molecule has 0 aliphatic carbocycles. The van der Waals surface area contributed by atoms with Crippen LogP contribution in [-0.4, -0.2) is 100 Å². The molecule has 4 N–H and O–H groups in total. The van der Waals surface area contributed by atoms with Crippen LogP contribution in [0.2, 0.25) is 0 Å². The van der Waals surface area contributed by atoms with Crippen LogP contribution in [0.1, 0.15) is 38.9 Å². The molecule has 0 saturated heterocycles. The second kappa shape index (κ2) is 32.7. The Kier molecular flexibility index (Phi) is 28.8. The van der Waals surface area contributed by atoms with Crippen molar-refractivity contribution in [2.24, 2.45) is 0 Å². The monoisotopic (exact) mass is 858 g/mol. The number of rotatable bonds is 8. The Morgan fingerprint density at radius 2 is 0.642 bits per heavy atom. The predicted octanol–water partition coefficient (Wildman–Crippen LogP) is 1.77. The Morgan fingerprint density at radius 3 is 1.06 bits per heavy atom. The van der Waals surface area contributed by atoms with E-state index in [0.717, 1.165) is 28.3 Å². The summed E-state index contributed by atoms with van der Waals surface area (Å²) < 4.78 is 0. The molecule has 8 nitrogen and oxygen atoms in total. The van der Waals surface area contributed by atoms with E-state index in [9.17, 15) is 20.4 Å². The van der Waals surface area contributed by atoms with E-state index in [0.29, 0.717) is 22.3 Å². The van der Waals surface area contributed by atoms with E-state index < -0.39 is 0 Å². The summed E-state index contributed by atoms with van der Waals surface area (Å²) in [5.41, 5.74) is 10.2. The predicted molar refractivity (Wildman–Crippen MR) is 270 cm³/mol. The number of para-hydroxylation sites is 6. The molecular weight excluding hydrogens is 808 g/mol. The van der Waals surface area contributed by atoms with Gasteiger partial charge in [-0.3, -0.25) is 0 Å². The summed E-state index contributed by atoms with van der Waals surface area (Å²) in [6.07, 6.45) is 6.92. The minimum Gasteiger partial charge on any atom is -1.00 e. The number of benzene rings is 8. The van der Waals surface area contributed by atoms with E-state index in [-0.39, 0.29) is 98.4 Å². The van der Waals surface area contributed by atoms with Crippen LogP contribution in [-0.2, 0) is 0 Å². The standard InChI is InChI=1S/3C14H13NO.C13H11NO.4Li/c1-11-6-2-4-8-13(11)15-10-12-7-3-5-9-14(12)16;1-11-5-4-7-13(9-11)15-10-12-6-2-3-8-14(12)16;1-11-6-8-13(9-7-11)15-10-12-4-2-3-5-14(12)16;15-13-9-5-4-6-11(13)10-14-12-7-2-1-3-8-12;;;;/h3*2-10,16H,1H3;1-10,15H;;;;/q;;;;4*-1. The molecule has 0 heterocycles. The van der Waals surface area contributed by atoms with Crippen LogP contribution in [0.3, 0.4) is 0 Å². The Labute approximate surface area is 442 Å². The smallest absolute Gasteiger partial charge is 0.206 e. The van der Waals surface area contributed by atoms with E-state index >= 15 is 0 Å². The van der Waals surface area contributed by atoms with E-state index in [4.69, 9.17) is 0 Å². The summed E-state index contributed by atoms with van der Waals surface area (Å²) in [6.45, 7) is 6.10. The average Bonchev–Trinajstić information content (AvgIpc) is 3.30. The Bertz CT molecular complexity index is 2740. The van der Waals surface area contributed by atoms with Gasteiger partial charge < -0.3 is 95.9 Å². The summed E-state index contributed by atoms with van der Waals surface area (Å²) in [5, 5.41) is 45.7. The first-order chi connectivity index (χ1) is 30.6. The van der Waals surface area contributed by atoms with Crippen molar-refractivity contribution in [3.05, 3.63) is 239 Å². The molecule has 0 bridgehead atoms. The van der Waals surface area contributed by atoms with E-state index in [1.807, 2.05) is 148 Å². The van der Waals surface area contributed by atoms with Crippen LogP contribution in [0, 0.1) is 20.8 Å². The third-order valence-corrected chi connectivity index (χ3v) is 9.23. The van der Waals surface area contributed by atoms with Crippen molar-refractivity contribution in [3.8, 4) is 23.0 Å². The number of hydrogen-bond acceptors (Lipinski definition) is 4. The van der Waals surface area contributed by atoms with Gasteiger partial charge in [-0.2, -0.15) is 0 Å². The van der Waals surface area contributed by atoms with Gasteiger partial charge in [-0.1, -0.05) is 162 Å². The maximum atomic E-state index is 11.5. The largest absolute Gasteiger partial charge is 1.00 e. The van der Waals surface area contributed by atoms with Crippen LogP contribution in [0.4, 0.5) is 22.7 Å². The zero-order valence-corrected chi connectivity index (χ0v) is 39.5. The third kappa shape index (κ3) is 21.5. The van der Waals surface area contributed by atoms with Crippen molar-refractivity contribution in [1.29, 1.82) is 0 Å². The molecular formula is C55H50Li4N4O4-4. The van der Waals surface area contributed by atoms with Gasteiger partial charge in [0.15, 0.2) is 24.9 Å². The molecule has 0 atom stereocenters. The van der Waals surface area contributed by atoms with Gasteiger partial charge in [-0.15, -0.1) is 0 Å². The van der Waals surface area contributed by atoms with Crippen LogP contribution in [0.15, 0.2) is 200 Å². The maximum Gasteiger partial charge on any atom is 0.206 e. The topological polar surface area (TPSA) is 148 Å². The zero-order chi connectivity index (χ0) is 44.7. The van der Waals surface area contributed by atoms with Gasteiger partial charge in [-0.05, 0) is 50.6 Å². The SMILES string of the molecule is Cc1ccc([NH+]=Cc2ccccc2[O-])cc1.Cc1cccc([NH+]=Cc2ccccc2[O-])c1.Cc1ccccc1[NH+]=Cc1ccccc1[O-].[Li-].[Li-].[Li-].[Li-].[O-]c1ccccc1C=[NH+]c1ccccc1. The molecule has 0 saturated carbocycles. The van der Waals surface area contributed by atoms with Crippen LogP contribution >= 0.6 is 0 Å². The first kappa shape index (κ1) is 59.0. The van der Waals surface area contributed by atoms with Crippen molar-refractivity contribution in [2.45, 2.75) is 20.8 Å². The van der Waals surface area contributed by atoms with Crippen LogP contribution < -0.4 is 40.4 Å². The molecule has 322 valence electrons. The molecule has 0 aliphatic heterocycles. The van der Waals surface area contributed by atoms with Crippen LogP contribution in [0.25, 0.3) is 0 Å². The molecule has 8 aromatic carbocycles. The zero-order valence-electron chi connectivity index (χ0n) is 39.5. The Morgan fingerprint density at radius 1 is 0.299 bits per heavy atom. The first-order valence-electron chi connectivity index (χ1n) is 20.3. The van der Waals surface area contributed by atoms with Gasteiger partial charge >= 0.3 is 0 Å². The molecule has 0 aliphatic rings. The van der Waals surface area contributed by atoms with Crippen LogP contribution in [0.5, 0.6) is 23.0 Å². The molecule has 0 fully saturated rings. The molecule has 8 radical (unpaired) electrons. The minimum absolute atomic E-state index is 0. The average molecular weight is 859 g/mol. The molecule has 8 aromatic rings. The van der Waals surface area contributed by atoms with E-state index in [1.54, 1.807) is 97.7 Å². The summed E-state index contributed by atoms with van der Waals surface area (Å²) in [6, 6.07) is 61.5. The normalized spacial score (nSPS) is 10.1. The van der Waals surface area contributed by atoms with Gasteiger partial charge in [0.05, 0.1) is 0 Å². The van der Waals surface area contributed by atoms with Gasteiger partial charge in [-0.25, -0.2) is 20.0 Å². The molecule has 0 unspecified atom stereocenters. The first-order valence-corrected chi connectivity index (χ1v) is 20.3. The quantitative estimate of drug-likeness (QED) is 0.136. The number of aryl methyl sites for hydroxylation is 3.